The van der Waals surface area contributed by atoms with Gasteiger partial charge in [-0.05, 0) is 13.0 Å². The van der Waals surface area contributed by atoms with Crippen LogP contribution in [-0.4, -0.2) is 38.2 Å². The first-order valence-corrected chi connectivity index (χ1v) is 4.06. The number of pyridine rings is 1. The zero-order chi connectivity index (χ0) is 12.5. The molecule has 0 aliphatic rings. The molecule has 0 radical (unpaired) electrons. The van der Waals surface area contributed by atoms with Crippen LogP contribution in [0.3, 0.4) is 0 Å². The molecular formula is C9H7NO6. The summed E-state index contributed by atoms with van der Waals surface area (Å²) < 4.78 is 0. The Morgan fingerprint density at radius 3 is 1.88 bits per heavy atom. The molecule has 0 atom stereocenters. The van der Waals surface area contributed by atoms with Gasteiger partial charge in [-0.25, -0.2) is 19.4 Å². The van der Waals surface area contributed by atoms with Gasteiger partial charge in [0, 0.05) is 0 Å². The third kappa shape index (κ3) is 1.97. The lowest BCUT2D eigenvalue weighted by molar-refractivity contribution is 0.0643. The maximum absolute atomic E-state index is 10.7. The van der Waals surface area contributed by atoms with Crippen LogP contribution in [0.2, 0.25) is 0 Å². The normalized spacial score (nSPS) is 9.81. The van der Waals surface area contributed by atoms with Crippen LogP contribution in [0.5, 0.6) is 0 Å². The standard InChI is InChI=1S/C9H7NO6/c1-3-4(7(11)12)2-5(8(13)14)6(10-3)9(15)16/h2H,1H3,(H,11,12)(H,13,14)(H,15,16). The molecule has 0 fully saturated rings. The smallest absolute Gasteiger partial charge is 0.355 e. The van der Waals surface area contributed by atoms with E-state index in [0.717, 1.165) is 6.07 Å². The second-order valence-electron chi connectivity index (χ2n) is 2.93. The van der Waals surface area contributed by atoms with Gasteiger partial charge in [-0.1, -0.05) is 0 Å². The molecule has 1 rings (SSSR count). The zero-order valence-corrected chi connectivity index (χ0v) is 8.09. The van der Waals surface area contributed by atoms with Crippen molar-refractivity contribution < 1.29 is 29.7 Å². The summed E-state index contributed by atoms with van der Waals surface area (Å²) in [5.74, 6) is -4.41. The van der Waals surface area contributed by atoms with Crippen LogP contribution in [0.25, 0.3) is 0 Å². The first kappa shape index (κ1) is 11.6. The van der Waals surface area contributed by atoms with Crippen LogP contribution >= 0.6 is 0 Å². The highest BCUT2D eigenvalue weighted by Crippen LogP contribution is 2.13. The van der Waals surface area contributed by atoms with Crippen molar-refractivity contribution in [3.63, 3.8) is 0 Å². The van der Waals surface area contributed by atoms with E-state index in [9.17, 15) is 14.4 Å². The summed E-state index contributed by atoms with van der Waals surface area (Å²) in [5, 5.41) is 26.1. The van der Waals surface area contributed by atoms with E-state index in [0.29, 0.717) is 0 Å². The predicted octanol–water partition coefficient (Wildman–Crippen LogP) is 0.485. The predicted molar refractivity (Wildman–Crippen MR) is 49.9 cm³/mol. The van der Waals surface area contributed by atoms with Crippen molar-refractivity contribution in [2.45, 2.75) is 6.92 Å². The largest absolute Gasteiger partial charge is 0.478 e. The zero-order valence-electron chi connectivity index (χ0n) is 8.09. The summed E-state index contributed by atoms with van der Waals surface area (Å²) in [6, 6.07) is 0.788. The van der Waals surface area contributed by atoms with Gasteiger partial charge in [0.15, 0.2) is 5.69 Å². The van der Waals surface area contributed by atoms with E-state index in [4.69, 9.17) is 15.3 Å². The topological polar surface area (TPSA) is 125 Å². The molecule has 3 N–H and O–H groups in total. The Bertz CT molecular complexity index is 493. The summed E-state index contributed by atoms with van der Waals surface area (Å²) in [6.07, 6.45) is 0. The first-order chi connectivity index (χ1) is 7.34. The number of aryl methyl sites for hydroxylation is 1. The molecule has 0 spiro atoms. The molecule has 0 saturated heterocycles. The van der Waals surface area contributed by atoms with Crippen molar-refractivity contribution in [3.8, 4) is 0 Å². The molecule has 0 unspecified atom stereocenters. The molecule has 7 heteroatoms. The van der Waals surface area contributed by atoms with Crippen molar-refractivity contribution in [1.29, 1.82) is 0 Å². The molecule has 16 heavy (non-hydrogen) atoms. The molecule has 0 aliphatic carbocycles. The number of hydrogen-bond acceptors (Lipinski definition) is 4. The van der Waals surface area contributed by atoms with Crippen LogP contribution in [0.1, 0.15) is 36.9 Å². The quantitative estimate of drug-likeness (QED) is 0.683. The van der Waals surface area contributed by atoms with E-state index < -0.39 is 29.2 Å². The van der Waals surface area contributed by atoms with Gasteiger partial charge < -0.3 is 15.3 Å². The number of rotatable bonds is 3. The lowest BCUT2D eigenvalue weighted by Crippen LogP contribution is -2.15. The fraction of sp³-hybridized carbons (Fsp3) is 0.111. The number of carboxylic acids is 3. The van der Waals surface area contributed by atoms with E-state index in [-0.39, 0.29) is 11.3 Å². The van der Waals surface area contributed by atoms with Gasteiger partial charge in [-0.2, -0.15) is 0 Å². The Morgan fingerprint density at radius 1 is 1.00 bits per heavy atom. The Morgan fingerprint density at radius 2 is 1.50 bits per heavy atom. The molecule has 84 valence electrons. The summed E-state index contributed by atoms with van der Waals surface area (Å²) >= 11 is 0. The molecule has 1 aromatic rings. The van der Waals surface area contributed by atoms with Gasteiger partial charge in [-0.15, -0.1) is 0 Å². The monoisotopic (exact) mass is 225 g/mol. The third-order valence-electron chi connectivity index (χ3n) is 1.88. The SMILES string of the molecule is Cc1nc(C(=O)O)c(C(=O)O)cc1C(=O)O. The first-order valence-electron chi connectivity index (χ1n) is 4.06. The van der Waals surface area contributed by atoms with E-state index in [1.807, 2.05) is 0 Å². The van der Waals surface area contributed by atoms with Crippen molar-refractivity contribution in [1.82, 2.24) is 4.98 Å². The van der Waals surface area contributed by atoms with Crippen LogP contribution in [0, 0.1) is 6.92 Å². The molecule has 1 heterocycles. The third-order valence-corrected chi connectivity index (χ3v) is 1.88. The summed E-state index contributed by atoms with van der Waals surface area (Å²) in [5.41, 5.74) is -1.69. The van der Waals surface area contributed by atoms with E-state index in [2.05, 4.69) is 4.98 Å². The summed E-state index contributed by atoms with van der Waals surface area (Å²) in [7, 11) is 0. The average molecular weight is 225 g/mol. The molecule has 0 amide bonds. The van der Waals surface area contributed by atoms with Gasteiger partial charge in [0.2, 0.25) is 0 Å². The van der Waals surface area contributed by atoms with Gasteiger partial charge in [0.05, 0.1) is 16.8 Å². The molecule has 0 aromatic carbocycles. The lowest BCUT2D eigenvalue weighted by Gasteiger charge is -2.05. The summed E-state index contributed by atoms with van der Waals surface area (Å²) in [6.45, 7) is 1.29. The van der Waals surface area contributed by atoms with E-state index in [1.54, 1.807) is 0 Å². The molecule has 7 nitrogen and oxygen atoms in total. The Labute approximate surface area is 89.0 Å². The van der Waals surface area contributed by atoms with E-state index in [1.165, 1.54) is 6.92 Å². The maximum atomic E-state index is 10.7. The second-order valence-corrected chi connectivity index (χ2v) is 2.93. The minimum atomic E-state index is -1.53. The lowest BCUT2D eigenvalue weighted by atomic mass is 10.1. The molecule has 1 aromatic heterocycles. The minimum absolute atomic E-state index is 0.0464. The van der Waals surface area contributed by atoms with Gasteiger partial charge >= 0.3 is 17.9 Å². The van der Waals surface area contributed by atoms with Crippen molar-refractivity contribution in [3.05, 3.63) is 28.6 Å². The van der Waals surface area contributed by atoms with Crippen molar-refractivity contribution in [2.24, 2.45) is 0 Å². The Hall–Kier alpha value is -2.44. The van der Waals surface area contributed by atoms with Gasteiger partial charge in [-0.3, -0.25) is 0 Å². The molecule has 0 bridgehead atoms. The Kier molecular flexibility index (Phi) is 2.89. The number of carbonyl (C=O) groups is 3. The number of aromatic nitrogens is 1. The fourth-order valence-corrected chi connectivity index (χ4v) is 1.15. The maximum Gasteiger partial charge on any atom is 0.355 e. The Balaban J connectivity index is 3.55. The van der Waals surface area contributed by atoms with E-state index >= 15 is 0 Å². The number of hydrogen-bond donors (Lipinski definition) is 3. The number of nitrogens with zero attached hydrogens (tertiary/aromatic N) is 1. The number of aromatic carboxylic acids is 3. The fourth-order valence-electron chi connectivity index (χ4n) is 1.15. The molecular weight excluding hydrogens is 218 g/mol. The van der Waals surface area contributed by atoms with Crippen LogP contribution in [-0.2, 0) is 0 Å². The van der Waals surface area contributed by atoms with Gasteiger partial charge in [0.25, 0.3) is 0 Å². The number of carboxylic acid groups (broad SMARTS) is 3. The van der Waals surface area contributed by atoms with Crippen molar-refractivity contribution in [2.75, 3.05) is 0 Å². The highest BCUT2D eigenvalue weighted by molar-refractivity contribution is 6.02. The van der Waals surface area contributed by atoms with Crippen LogP contribution < -0.4 is 0 Å². The minimum Gasteiger partial charge on any atom is -0.478 e. The highest BCUT2D eigenvalue weighted by atomic mass is 16.4. The second kappa shape index (κ2) is 3.97. The van der Waals surface area contributed by atoms with Crippen LogP contribution in [0.4, 0.5) is 0 Å². The van der Waals surface area contributed by atoms with Gasteiger partial charge in [0.1, 0.15) is 0 Å². The summed E-state index contributed by atoms with van der Waals surface area (Å²) in [4.78, 5) is 35.6. The van der Waals surface area contributed by atoms with Crippen LogP contribution in [0.15, 0.2) is 6.07 Å². The molecule has 0 aliphatic heterocycles. The van der Waals surface area contributed by atoms with Crippen molar-refractivity contribution >= 4 is 17.9 Å². The molecule has 0 saturated carbocycles. The highest BCUT2D eigenvalue weighted by Gasteiger charge is 2.22. The average Bonchev–Trinajstić information content (AvgIpc) is 2.15.